The van der Waals surface area contributed by atoms with Gasteiger partial charge in [0.25, 0.3) is 0 Å². The first-order chi connectivity index (χ1) is 7.29. The molecule has 0 atom stereocenters. The molecule has 1 aliphatic rings. The van der Waals surface area contributed by atoms with Gasteiger partial charge in [-0.2, -0.15) is 0 Å². The minimum atomic E-state index is 0.751. The van der Waals surface area contributed by atoms with Crippen LogP contribution in [0, 0.1) is 0 Å². The van der Waals surface area contributed by atoms with E-state index in [0.717, 1.165) is 21.8 Å². The fourth-order valence-electron chi connectivity index (χ4n) is 2.06. The lowest BCUT2D eigenvalue weighted by Crippen LogP contribution is -1.81. The van der Waals surface area contributed by atoms with Gasteiger partial charge in [-0.15, -0.1) is 0 Å². The third-order valence-corrected chi connectivity index (χ3v) is 3.61. The van der Waals surface area contributed by atoms with Gasteiger partial charge >= 0.3 is 0 Å². The molecular formula is C12H12BrNO. The molecule has 1 aliphatic carbocycles. The van der Waals surface area contributed by atoms with Crippen molar-refractivity contribution in [1.29, 1.82) is 0 Å². The topological polar surface area (TPSA) is 25.0 Å². The van der Waals surface area contributed by atoms with Crippen molar-refractivity contribution in [2.75, 3.05) is 7.11 Å². The van der Waals surface area contributed by atoms with E-state index in [0.29, 0.717) is 0 Å². The normalized spacial score (nSPS) is 15.9. The Bertz CT molecular complexity index is 514. The van der Waals surface area contributed by atoms with Gasteiger partial charge in [-0.05, 0) is 52.4 Å². The number of halogens is 1. The lowest BCUT2D eigenvalue weighted by molar-refractivity contribution is 0.415. The summed E-state index contributed by atoms with van der Waals surface area (Å²) in [6.07, 6.45) is 2.63. The second-order valence-corrected chi connectivity index (χ2v) is 4.83. The summed E-state index contributed by atoms with van der Waals surface area (Å²) in [5.74, 6) is 1.65. The van der Waals surface area contributed by atoms with E-state index in [1.807, 2.05) is 12.1 Å². The molecule has 1 fully saturated rings. The number of aromatic amines is 1. The molecule has 2 nitrogen and oxygen atoms in total. The van der Waals surface area contributed by atoms with Crippen LogP contribution in [0.25, 0.3) is 10.9 Å². The zero-order valence-corrected chi connectivity index (χ0v) is 10.1. The molecule has 0 bridgehead atoms. The minimum absolute atomic E-state index is 0.751. The van der Waals surface area contributed by atoms with Crippen LogP contribution in [0.1, 0.15) is 24.3 Å². The number of hydrogen-bond donors (Lipinski definition) is 1. The molecule has 78 valence electrons. The zero-order valence-electron chi connectivity index (χ0n) is 8.51. The van der Waals surface area contributed by atoms with Gasteiger partial charge in [0, 0.05) is 11.5 Å². The standard InChI is InChI=1S/C12H12BrNO/c1-15-8-4-5-9-10(6-8)14-12(13)11(9)7-2-3-7/h4-7,14H,2-3H2,1H3. The number of H-pyrrole nitrogens is 1. The van der Waals surface area contributed by atoms with Gasteiger partial charge in [0.15, 0.2) is 0 Å². The Labute approximate surface area is 96.8 Å². The lowest BCUT2D eigenvalue weighted by atomic mass is 10.1. The second-order valence-electron chi connectivity index (χ2n) is 4.04. The maximum Gasteiger partial charge on any atom is 0.120 e. The molecule has 0 unspecified atom stereocenters. The van der Waals surface area contributed by atoms with E-state index in [-0.39, 0.29) is 0 Å². The van der Waals surface area contributed by atoms with Gasteiger partial charge in [0.2, 0.25) is 0 Å². The van der Waals surface area contributed by atoms with Crippen LogP contribution in [0.2, 0.25) is 0 Å². The minimum Gasteiger partial charge on any atom is -0.497 e. The van der Waals surface area contributed by atoms with Crippen LogP contribution in [-0.2, 0) is 0 Å². The van der Waals surface area contributed by atoms with Gasteiger partial charge in [-0.3, -0.25) is 0 Å². The summed E-state index contributed by atoms with van der Waals surface area (Å²) < 4.78 is 6.34. The highest BCUT2D eigenvalue weighted by Crippen LogP contribution is 2.46. The predicted molar refractivity (Wildman–Crippen MR) is 64.5 cm³/mol. The van der Waals surface area contributed by atoms with Gasteiger partial charge in [0.05, 0.1) is 17.2 Å². The molecule has 1 saturated carbocycles. The number of ether oxygens (including phenoxy) is 1. The van der Waals surface area contributed by atoms with E-state index in [1.54, 1.807) is 7.11 Å². The van der Waals surface area contributed by atoms with Gasteiger partial charge in [-0.1, -0.05) is 0 Å². The quantitative estimate of drug-likeness (QED) is 0.878. The first-order valence-electron chi connectivity index (χ1n) is 5.14. The van der Waals surface area contributed by atoms with Crippen LogP contribution >= 0.6 is 15.9 Å². The summed E-state index contributed by atoms with van der Waals surface area (Å²) in [7, 11) is 1.70. The summed E-state index contributed by atoms with van der Waals surface area (Å²) in [6, 6.07) is 6.21. The van der Waals surface area contributed by atoms with Gasteiger partial charge in [0.1, 0.15) is 5.75 Å². The van der Waals surface area contributed by atoms with Gasteiger partial charge < -0.3 is 9.72 Å². The number of methoxy groups -OCH3 is 1. The molecule has 1 aromatic carbocycles. The molecule has 1 N–H and O–H groups in total. The Morgan fingerprint density at radius 3 is 2.87 bits per heavy atom. The second kappa shape index (κ2) is 3.27. The molecule has 1 aromatic heterocycles. The van der Waals surface area contributed by atoms with Crippen molar-refractivity contribution < 1.29 is 4.74 Å². The van der Waals surface area contributed by atoms with Crippen LogP contribution < -0.4 is 4.74 Å². The fourth-order valence-corrected chi connectivity index (χ4v) is 2.81. The molecule has 1 heterocycles. The van der Waals surface area contributed by atoms with Crippen LogP contribution in [-0.4, -0.2) is 12.1 Å². The molecule has 0 radical (unpaired) electrons. The molecule has 0 saturated heterocycles. The number of rotatable bonds is 2. The number of aromatic nitrogens is 1. The predicted octanol–water partition coefficient (Wildman–Crippen LogP) is 3.82. The SMILES string of the molecule is COc1ccc2c(C3CC3)c(Br)[nH]c2c1. The van der Waals surface area contributed by atoms with Crippen LogP contribution in [0.4, 0.5) is 0 Å². The molecule has 0 spiro atoms. The average Bonchev–Trinajstić information content (AvgIpc) is 3.00. The molecule has 3 rings (SSSR count). The van der Waals surface area contributed by atoms with E-state index in [1.165, 1.54) is 23.8 Å². The highest BCUT2D eigenvalue weighted by Gasteiger charge is 2.28. The third-order valence-electron chi connectivity index (χ3n) is 2.98. The Morgan fingerprint density at radius 1 is 1.40 bits per heavy atom. The molecule has 0 amide bonds. The summed E-state index contributed by atoms with van der Waals surface area (Å²) >= 11 is 3.60. The Hall–Kier alpha value is -0.960. The van der Waals surface area contributed by atoms with Crippen LogP contribution in [0.3, 0.4) is 0 Å². The van der Waals surface area contributed by atoms with Crippen molar-refractivity contribution in [2.45, 2.75) is 18.8 Å². The van der Waals surface area contributed by atoms with E-state index >= 15 is 0 Å². The van der Waals surface area contributed by atoms with E-state index < -0.39 is 0 Å². The average molecular weight is 266 g/mol. The summed E-state index contributed by atoms with van der Waals surface area (Å²) in [4.78, 5) is 3.36. The molecule has 15 heavy (non-hydrogen) atoms. The monoisotopic (exact) mass is 265 g/mol. The van der Waals surface area contributed by atoms with Gasteiger partial charge in [-0.25, -0.2) is 0 Å². The number of hydrogen-bond acceptors (Lipinski definition) is 1. The number of fused-ring (bicyclic) bond motifs is 1. The van der Waals surface area contributed by atoms with E-state index in [9.17, 15) is 0 Å². The summed E-state index contributed by atoms with van der Waals surface area (Å²) in [5, 5.41) is 1.32. The van der Waals surface area contributed by atoms with Crippen molar-refractivity contribution in [3.63, 3.8) is 0 Å². The fraction of sp³-hybridized carbons (Fsp3) is 0.333. The Balaban J connectivity index is 2.23. The lowest BCUT2D eigenvalue weighted by Gasteiger charge is -1.99. The highest BCUT2D eigenvalue weighted by atomic mass is 79.9. The maximum atomic E-state index is 5.21. The Morgan fingerprint density at radius 2 is 2.20 bits per heavy atom. The number of benzene rings is 1. The van der Waals surface area contributed by atoms with Crippen molar-refractivity contribution in [2.24, 2.45) is 0 Å². The van der Waals surface area contributed by atoms with Crippen LogP contribution in [0.5, 0.6) is 5.75 Å². The first-order valence-corrected chi connectivity index (χ1v) is 5.94. The van der Waals surface area contributed by atoms with Crippen molar-refractivity contribution in [1.82, 2.24) is 4.98 Å². The molecule has 0 aliphatic heterocycles. The van der Waals surface area contributed by atoms with Crippen LogP contribution in [0.15, 0.2) is 22.8 Å². The van der Waals surface area contributed by atoms with E-state index in [4.69, 9.17) is 4.74 Å². The summed E-state index contributed by atoms with van der Waals surface area (Å²) in [6.45, 7) is 0. The molecular weight excluding hydrogens is 254 g/mol. The first kappa shape index (κ1) is 9.28. The maximum absolute atomic E-state index is 5.21. The molecule has 2 aromatic rings. The van der Waals surface area contributed by atoms with Crippen molar-refractivity contribution in [3.05, 3.63) is 28.4 Å². The molecule has 3 heteroatoms. The number of nitrogens with one attached hydrogen (secondary N) is 1. The highest BCUT2D eigenvalue weighted by molar-refractivity contribution is 9.10. The smallest absolute Gasteiger partial charge is 0.120 e. The van der Waals surface area contributed by atoms with Crippen molar-refractivity contribution in [3.8, 4) is 5.75 Å². The summed E-state index contributed by atoms with van der Waals surface area (Å²) in [5.41, 5.74) is 2.59. The van der Waals surface area contributed by atoms with Crippen molar-refractivity contribution >= 4 is 26.8 Å². The van der Waals surface area contributed by atoms with E-state index in [2.05, 4.69) is 27.0 Å². The third kappa shape index (κ3) is 1.46. The largest absolute Gasteiger partial charge is 0.497 e. The zero-order chi connectivity index (χ0) is 10.4. The Kier molecular flexibility index (Phi) is 2.02.